The fraction of sp³-hybridized carbons (Fsp3) is 0.0667. The lowest BCUT2D eigenvalue weighted by Gasteiger charge is -2.03. The van der Waals surface area contributed by atoms with Crippen LogP contribution in [0.3, 0.4) is 0 Å². The standard InChI is InChI=1S/C15H11N3O2S/c16-7-10-13-14(11(19)6-12(20)18-13)21-15(10)17-8-9-4-2-1-3-5-9/h1-6,17H,8H2,(H2,18,19,20). The van der Waals surface area contributed by atoms with Crippen LogP contribution in [0.1, 0.15) is 11.1 Å². The van der Waals surface area contributed by atoms with Gasteiger partial charge in [0.2, 0.25) is 0 Å². The van der Waals surface area contributed by atoms with E-state index in [1.807, 2.05) is 30.3 Å². The first kappa shape index (κ1) is 13.2. The van der Waals surface area contributed by atoms with E-state index in [2.05, 4.69) is 16.4 Å². The molecular formula is C15H11N3O2S. The number of H-pyrrole nitrogens is 1. The highest BCUT2D eigenvalue weighted by Crippen LogP contribution is 2.37. The molecule has 5 nitrogen and oxygen atoms in total. The van der Waals surface area contributed by atoms with Crippen molar-refractivity contribution in [1.29, 1.82) is 5.26 Å². The average molecular weight is 297 g/mol. The third-order valence-corrected chi connectivity index (χ3v) is 4.23. The van der Waals surface area contributed by atoms with E-state index in [1.54, 1.807) is 0 Å². The molecule has 0 aliphatic heterocycles. The van der Waals surface area contributed by atoms with Crippen molar-refractivity contribution < 1.29 is 5.11 Å². The molecule has 0 aliphatic rings. The number of aromatic amines is 1. The van der Waals surface area contributed by atoms with Crippen molar-refractivity contribution in [3.63, 3.8) is 0 Å². The van der Waals surface area contributed by atoms with E-state index >= 15 is 0 Å². The molecule has 21 heavy (non-hydrogen) atoms. The van der Waals surface area contributed by atoms with E-state index in [0.717, 1.165) is 11.6 Å². The number of hydrogen-bond acceptors (Lipinski definition) is 5. The predicted octanol–water partition coefficient (Wildman–Crippen LogP) is 2.78. The molecular weight excluding hydrogens is 286 g/mol. The first-order chi connectivity index (χ1) is 10.2. The molecule has 1 aromatic carbocycles. The summed E-state index contributed by atoms with van der Waals surface area (Å²) < 4.78 is 0.502. The van der Waals surface area contributed by atoms with Gasteiger partial charge in [0, 0.05) is 12.6 Å². The second-order valence-electron chi connectivity index (χ2n) is 4.48. The molecule has 0 amide bonds. The maximum atomic E-state index is 11.4. The summed E-state index contributed by atoms with van der Waals surface area (Å²) >= 11 is 1.25. The number of aromatic nitrogens is 1. The topological polar surface area (TPSA) is 88.9 Å². The van der Waals surface area contributed by atoms with Crippen LogP contribution in [0.4, 0.5) is 5.00 Å². The Labute approximate surface area is 124 Å². The number of nitrogens with one attached hydrogen (secondary N) is 2. The number of aromatic hydroxyl groups is 1. The highest BCUT2D eigenvalue weighted by Gasteiger charge is 2.15. The molecule has 0 saturated carbocycles. The monoisotopic (exact) mass is 297 g/mol. The number of hydrogen-bond donors (Lipinski definition) is 3. The van der Waals surface area contributed by atoms with Gasteiger partial charge >= 0.3 is 0 Å². The molecule has 0 bridgehead atoms. The van der Waals surface area contributed by atoms with Crippen LogP contribution in [0, 0.1) is 11.3 Å². The smallest absolute Gasteiger partial charge is 0.252 e. The van der Waals surface area contributed by atoms with Gasteiger partial charge in [0.05, 0.1) is 10.2 Å². The maximum Gasteiger partial charge on any atom is 0.252 e. The Morgan fingerprint density at radius 2 is 2.10 bits per heavy atom. The van der Waals surface area contributed by atoms with Crippen LogP contribution in [0.25, 0.3) is 10.2 Å². The zero-order chi connectivity index (χ0) is 14.8. The minimum atomic E-state index is -0.427. The van der Waals surface area contributed by atoms with Gasteiger partial charge in [-0.05, 0) is 5.56 Å². The SMILES string of the molecule is N#Cc1c(NCc2ccccc2)sc2c(O)cc(=O)[nH]c12. The largest absolute Gasteiger partial charge is 0.506 e. The maximum absolute atomic E-state index is 11.4. The first-order valence-electron chi connectivity index (χ1n) is 6.25. The lowest BCUT2D eigenvalue weighted by molar-refractivity contribution is 0.481. The van der Waals surface area contributed by atoms with Gasteiger partial charge in [-0.2, -0.15) is 5.26 Å². The summed E-state index contributed by atoms with van der Waals surface area (Å²) in [5.74, 6) is -0.108. The second-order valence-corrected chi connectivity index (χ2v) is 5.50. The molecule has 6 heteroatoms. The molecule has 0 spiro atoms. The number of rotatable bonds is 3. The molecule has 0 aliphatic carbocycles. The highest BCUT2D eigenvalue weighted by molar-refractivity contribution is 7.23. The first-order valence-corrected chi connectivity index (χ1v) is 7.07. The second kappa shape index (κ2) is 5.31. The van der Waals surface area contributed by atoms with Crippen LogP contribution in [0.2, 0.25) is 0 Å². The Morgan fingerprint density at radius 3 is 2.81 bits per heavy atom. The molecule has 0 atom stereocenters. The van der Waals surface area contributed by atoms with Crippen LogP contribution in [-0.2, 0) is 6.54 Å². The summed E-state index contributed by atoms with van der Waals surface area (Å²) in [6.45, 7) is 0.563. The highest BCUT2D eigenvalue weighted by atomic mass is 32.1. The van der Waals surface area contributed by atoms with Gasteiger partial charge < -0.3 is 15.4 Å². The summed E-state index contributed by atoms with van der Waals surface area (Å²) in [6.07, 6.45) is 0. The fourth-order valence-corrected chi connectivity index (χ4v) is 3.11. The van der Waals surface area contributed by atoms with Crippen molar-refractivity contribution in [2.45, 2.75) is 6.54 Å². The number of thiophene rings is 1. The van der Waals surface area contributed by atoms with E-state index in [4.69, 9.17) is 0 Å². The lowest BCUT2D eigenvalue weighted by atomic mass is 10.2. The molecule has 104 valence electrons. The number of anilines is 1. The quantitative estimate of drug-likeness (QED) is 0.693. The van der Waals surface area contributed by atoms with Crippen molar-refractivity contribution in [2.75, 3.05) is 5.32 Å². The molecule has 0 unspecified atom stereocenters. The molecule has 0 fully saturated rings. The number of benzene rings is 1. The van der Waals surface area contributed by atoms with E-state index in [-0.39, 0.29) is 5.75 Å². The Balaban J connectivity index is 2.01. The normalized spacial score (nSPS) is 10.4. The third kappa shape index (κ3) is 2.47. The zero-order valence-corrected chi connectivity index (χ0v) is 11.7. The van der Waals surface area contributed by atoms with Crippen LogP contribution in [0.15, 0.2) is 41.2 Å². The van der Waals surface area contributed by atoms with Gasteiger partial charge in [-0.15, -0.1) is 11.3 Å². The van der Waals surface area contributed by atoms with Crippen LogP contribution >= 0.6 is 11.3 Å². The number of fused-ring (bicyclic) bond motifs is 1. The molecule has 2 aromatic heterocycles. The van der Waals surface area contributed by atoms with E-state index < -0.39 is 5.56 Å². The van der Waals surface area contributed by atoms with Gasteiger partial charge in [0.25, 0.3) is 5.56 Å². The lowest BCUT2D eigenvalue weighted by Crippen LogP contribution is -2.03. The summed E-state index contributed by atoms with van der Waals surface area (Å²) in [7, 11) is 0. The summed E-state index contributed by atoms with van der Waals surface area (Å²) in [5, 5.41) is 22.9. The van der Waals surface area contributed by atoms with Crippen molar-refractivity contribution in [2.24, 2.45) is 0 Å². The fourth-order valence-electron chi connectivity index (χ4n) is 2.09. The molecule has 3 N–H and O–H groups in total. The van der Waals surface area contributed by atoms with Crippen molar-refractivity contribution in [3.05, 3.63) is 57.9 Å². The minimum absolute atomic E-state index is 0.108. The average Bonchev–Trinajstić information content (AvgIpc) is 2.84. The van der Waals surface area contributed by atoms with E-state index in [1.165, 1.54) is 11.3 Å². The molecule has 3 rings (SSSR count). The van der Waals surface area contributed by atoms with Crippen molar-refractivity contribution in [1.82, 2.24) is 4.98 Å². The van der Waals surface area contributed by atoms with Gasteiger partial charge in [-0.1, -0.05) is 30.3 Å². The molecule has 3 aromatic rings. The van der Waals surface area contributed by atoms with Gasteiger partial charge in [-0.3, -0.25) is 4.79 Å². The van der Waals surface area contributed by atoms with Crippen LogP contribution in [0.5, 0.6) is 5.75 Å². The van der Waals surface area contributed by atoms with Crippen molar-refractivity contribution in [3.8, 4) is 11.8 Å². The van der Waals surface area contributed by atoms with Crippen LogP contribution in [-0.4, -0.2) is 10.1 Å². The van der Waals surface area contributed by atoms with Gasteiger partial charge in [-0.25, -0.2) is 0 Å². The molecule has 0 saturated heterocycles. The summed E-state index contributed by atoms with van der Waals surface area (Å²) in [4.78, 5) is 14.0. The molecule has 0 radical (unpaired) electrons. The Kier molecular flexibility index (Phi) is 3.34. The van der Waals surface area contributed by atoms with Gasteiger partial charge in [0.15, 0.2) is 0 Å². The number of pyridine rings is 1. The Hall–Kier alpha value is -2.78. The molecule has 2 heterocycles. The number of nitriles is 1. The Bertz CT molecular complexity index is 891. The zero-order valence-electron chi connectivity index (χ0n) is 10.9. The van der Waals surface area contributed by atoms with Crippen molar-refractivity contribution >= 4 is 26.6 Å². The Morgan fingerprint density at radius 1 is 1.33 bits per heavy atom. The number of nitrogens with zero attached hydrogens (tertiary/aromatic N) is 1. The summed E-state index contributed by atoms with van der Waals surface area (Å²) in [6, 6.07) is 13.0. The van der Waals surface area contributed by atoms with Gasteiger partial charge in [0.1, 0.15) is 22.4 Å². The van der Waals surface area contributed by atoms with Crippen LogP contribution < -0.4 is 10.9 Å². The summed E-state index contributed by atoms with van der Waals surface area (Å²) in [5.41, 5.74) is 1.38. The predicted molar refractivity (Wildman–Crippen MR) is 82.6 cm³/mol. The van der Waals surface area contributed by atoms with E-state index in [9.17, 15) is 15.2 Å². The minimum Gasteiger partial charge on any atom is -0.506 e. The third-order valence-electron chi connectivity index (χ3n) is 3.06. The van der Waals surface area contributed by atoms with E-state index in [0.29, 0.717) is 27.3 Å².